The van der Waals surface area contributed by atoms with Crippen molar-refractivity contribution in [1.82, 2.24) is 9.97 Å². The molecular weight excluding hydrogens is 581 g/mol. The van der Waals surface area contributed by atoms with Crippen LogP contribution in [0.5, 0.6) is 0 Å². The molecular formula is C23H18Cl3N5O4S2. The fourth-order valence-corrected chi connectivity index (χ4v) is 7.91. The molecule has 0 atom stereocenters. The molecule has 0 saturated heterocycles. The molecule has 0 aliphatic rings. The van der Waals surface area contributed by atoms with Gasteiger partial charge < -0.3 is 0 Å². The third kappa shape index (κ3) is 4.74. The highest BCUT2D eigenvalue weighted by molar-refractivity contribution is 8.10. The molecule has 1 aromatic carbocycles. The predicted molar refractivity (Wildman–Crippen MR) is 140 cm³/mol. The van der Waals surface area contributed by atoms with Gasteiger partial charge in [-0.15, -0.1) is 0 Å². The lowest BCUT2D eigenvalue weighted by Gasteiger charge is -2.25. The summed E-state index contributed by atoms with van der Waals surface area (Å²) in [5.41, 5.74) is -0.398. The maximum atomic E-state index is 14.1. The summed E-state index contributed by atoms with van der Waals surface area (Å²) >= 11 is 18.6. The second-order valence-electron chi connectivity index (χ2n) is 8.00. The van der Waals surface area contributed by atoms with Crippen molar-refractivity contribution in [3.8, 4) is 12.1 Å². The van der Waals surface area contributed by atoms with Crippen molar-refractivity contribution < 1.29 is 16.8 Å². The molecule has 37 heavy (non-hydrogen) atoms. The van der Waals surface area contributed by atoms with Crippen molar-refractivity contribution in [2.45, 2.75) is 44.7 Å². The molecule has 192 valence electrons. The molecule has 0 bridgehead atoms. The van der Waals surface area contributed by atoms with E-state index < -0.39 is 41.2 Å². The first-order chi connectivity index (χ1) is 17.1. The number of anilines is 1. The third-order valence-corrected chi connectivity index (χ3v) is 11.1. The molecule has 3 rings (SSSR count). The summed E-state index contributed by atoms with van der Waals surface area (Å²) in [5.74, 6) is 0. The maximum absolute atomic E-state index is 14.1. The molecule has 0 N–H and O–H groups in total. The Morgan fingerprint density at radius 1 is 0.757 bits per heavy atom. The van der Waals surface area contributed by atoms with Gasteiger partial charge in [0.2, 0.25) is 0 Å². The van der Waals surface area contributed by atoms with Gasteiger partial charge in [-0.3, -0.25) is 0 Å². The van der Waals surface area contributed by atoms with Gasteiger partial charge in [0, 0.05) is 5.02 Å². The van der Waals surface area contributed by atoms with Gasteiger partial charge in [0.25, 0.3) is 20.0 Å². The van der Waals surface area contributed by atoms with E-state index in [0.29, 0.717) is 5.56 Å². The topological polar surface area (TPSA) is 145 Å². The number of benzene rings is 1. The van der Waals surface area contributed by atoms with E-state index in [2.05, 4.69) is 9.97 Å². The monoisotopic (exact) mass is 597 g/mol. The Morgan fingerprint density at radius 2 is 1.16 bits per heavy atom. The minimum absolute atomic E-state index is 0.0562. The lowest BCUT2D eigenvalue weighted by molar-refractivity contribution is 0.579. The van der Waals surface area contributed by atoms with Crippen molar-refractivity contribution in [1.29, 1.82) is 10.5 Å². The number of nitriles is 2. The first kappa shape index (κ1) is 28.6. The summed E-state index contributed by atoms with van der Waals surface area (Å²) in [6.45, 7) is 7.30. The Hall–Kier alpha value is -2.93. The average molecular weight is 599 g/mol. The zero-order valence-electron chi connectivity index (χ0n) is 20.1. The lowest BCUT2D eigenvalue weighted by Crippen LogP contribution is -2.39. The van der Waals surface area contributed by atoms with Crippen LogP contribution in [0.4, 0.5) is 5.69 Å². The number of nitrogens with zero attached hydrogens (tertiary/aromatic N) is 5. The van der Waals surface area contributed by atoms with Gasteiger partial charge >= 0.3 is 0 Å². The number of pyridine rings is 2. The summed E-state index contributed by atoms with van der Waals surface area (Å²) in [6.07, 6.45) is 0. The number of sulfonamides is 2. The summed E-state index contributed by atoms with van der Waals surface area (Å²) in [7, 11) is -10.3. The molecule has 0 radical (unpaired) electrons. The standard InChI is InChI=1S/C23H18Cl3N5O4S2/c1-11-6-7-16(8-19(11)24)31(36(32,33)22-17(9-27)12(2)20(25)14(4)29-22)37(34,35)23-18(10-28)13(3)21(26)15(5)30-23/h6-8H,1-5H3. The van der Waals surface area contributed by atoms with Crippen molar-refractivity contribution >= 4 is 60.5 Å². The minimum atomic E-state index is -5.14. The molecule has 0 aliphatic heterocycles. The summed E-state index contributed by atoms with van der Waals surface area (Å²) < 4.78 is 56.4. The van der Waals surface area contributed by atoms with E-state index in [4.69, 9.17) is 34.8 Å². The highest BCUT2D eigenvalue weighted by Crippen LogP contribution is 2.37. The van der Waals surface area contributed by atoms with Crippen molar-refractivity contribution in [3.63, 3.8) is 0 Å². The number of halogens is 3. The largest absolute Gasteiger partial charge is 0.296 e. The van der Waals surface area contributed by atoms with Crippen LogP contribution in [0.1, 0.15) is 39.2 Å². The molecule has 0 amide bonds. The zero-order chi connectivity index (χ0) is 28.0. The van der Waals surface area contributed by atoms with Crippen molar-refractivity contribution in [3.05, 3.63) is 72.5 Å². The van der Waals surface area contributed by atoms with Gasteiger partial charge in [0.05, 0.1) is 38.2 Å². The van der Waals surface area contributed by atoms with Gasteiger partial charge in [-0.05, 0) is 63.4 Å². The molecule has 0 spiro atoms. The Bertz CT molecular complexity index is 1670. The van der Waals surface area contributed by atoms with Crippen LogP contribution in [0.2, 0.25) is 15.1 Å². The van der Waals surface area contributed by atoms with Crippen LogP contribution in [-0.4, -0.2) is 26.8 Å². The van der Waals surface area contributed by atoms with Crippen LogP contribution in [0.15, 0.2) is 28.3 Å². The van der Waals surface area contributed by atoms with E-state index in [1.54, 1.807) is 19.1 Å². The molecule has 2 aromatic heterocycles. The normalized spacial score (nSPS) is 11.6. The first-order valence-electron chi connectivity index (χ1n) is 10.3. The fraction of sp³-hybridized carbons (Fsp3) is 0.217. The maximum Gasteiger partial charge on any atom is 0.296 e. The van der Waals surface area contributed by atoms with Crippen LogP contribution in [0.25, 0.3) is 0 Å². The Kier molecular flexibility index (Phi) is 7.81. The molecule has 2 heterocycles. The second-order valence-corrected chi connectivity index (χ2v) is 12.8. The van der Waals surface area contributed by atoms with Crippen LogP contribution in [0.3, 0.4) is 0 Å². The van der Waals surface area contributed by atoms with E-state index in [1.807, 2.05) is 0 Å². The summed E-state index contributed by atoms with van der Waals surface area (Å²) in [6, 6.07) is 7.27. The fourth-order valence-electron chi connectivity index (χ4n) is 3.49. The molecule has 0 saturated carbocycles. The smallest absolute Gasteiger partial charge is 0.237 e. The van der Waals surface area contributed by atoms with E-state index in [-0.39, 0.29) is 47.0 Å². The zero-order valence-corrected chi connectivity index (χ0v) is 24.0. The second kappa shape index (κ2) is 10.1. The molecule has 0 aliphatic carbocycles. The van der Waals surface area contributed by atoms with Crippen LogP contribution < -0.4 is 3.71 Å². The lowest BCUT2D eigenvalue weighted by atomic mass is 10.1. The van der Waals surface area contributed by atoms with E-state index in [1.165, 1.54) is 39.8 Å². The van der Waals surface area contributed by atoms with Gasteiger partial charge in [0.1, 0.15) is 12.1 Å². The van der Waals surface area contributed by atoms with E-state index >= 15 is 0 Å². The number of rotatable bonds is 5. The predicted octanol–water partition coefficient (Wildman–Crippen LogP) is 5.31. The Morgan fingerprint density at radius 3 is 1.51 bits per heavy atom. The van der Waals surface area contributed by atoms with Gasteiger partial charge in [-0.25, -0.2) is 9.97 Å². The third-order valence-electron chi connectivity index (χ3n) is 5.53. The van der Waals surface area contributed by atoms with Crippen molar-refractivity contribution in [2.75, 3.05) is 3.71 Å². The quantitative estimate of drug-likeness (QED) is 0.384. The van der Waals surface area contributed by atoms with E-state index in [0.717, 1.165) is 6.07 Å². The van der Waals surface area contributed by atoms with Crippen LogP contribution in [-0.2, 0) is 20.0 Å². The molecule has 9 nitrogen and oxygen atoms in total. The van der Waals surface area contributed by atoms with Crippen LogP contribution >= 0.6 is 34.8 Å². The van der Waals surface area contributed by atoms with Gasteiger partial charge in [0.15, 0.2) is 10.1 Å². The molecule has 0 unspecified atom stereocenters. The van der Waals surface area contributed by atoms with E-state index in [9.17, 15) is 27.4 Å². The van der Waals surface area contributed by atoms with Gasteiger partial charge in [-0.2, -0.15) is 31.1 Å². The average Bonchev–Trinajstić information content (AvgIpc) is 2.82. The number of hydrogen-bond donors (Lipinski definition) is 0. The Balaban J connectivity index is 2.53. The summed E-state index contributed by atoms with van der Waals surface area (Å²) in [4.78, 5) is 7.95. The SMILES string of the molecule is Cc1ccc(N(S(=O)(=O)c2nc(C)c(Cl)c(C)c2C#N)S(=O)(=O)c2nc(C)c(Cl)c(C)c2C#N)cc1Cl. The number of aryl methyl sites for hydroxylation is 3. The highest BCUT2D eigenvalue weighted by Gasteiger charge is 2.43. The summed E-state index contributed by atoms with van der Waals surface area (Å²) in [5, 5.41) is 18.0. The molecule has 14 heteroatoms. The minimum Gasteiger partial charge on any atom is -0.237 e. The first-order valence-corrected chi connectivity index (χ1v) is 14.3. The van der Waals surface area contributed by atoms with Gasteiger partial charge in [-0.1, -0.05) is 40.9 Å². The van der Waals surface area contributed by atoms with Crippen molar-refractivity contribution in [2.24, 2.45) is 0 Å². The number of aromatic nitrogens is 2. The highest BCUT2D eigenvalue weighted by atomic mass is 35.5. The Labute approximate surface area is 230 Å². The molecule has 0 fully saturated rings. The number of hydrogen-bond acceptors (Lipinski definition) is 8. The van der Waals surface area contributed by atoms with Crippen LogP contribution in [0, 0.1) is 57.3 Å². The molecule has 3 aromatic rings.